The van der Waals surface area contributed by atoms with Crippen LogP contribution in [-0.2, 0) is 9.59 Å². The molecule has 3 rings (SSSR count). The van der Waals surface area contributed by atoms with Crippen molar-refractivity contribution in [3.8, 4) is 5.75 Å². The molecule has 1 aliphatic heterocycles. The highest BCUT2D eigenvalue weighted by molar-refractivity contribution is 5.81. The molecule has 2 amide bonds. The van der Waals surface area contributed by atoms with E-state index in [-0.39, 0.29) is 11.8 Å². The van der Waals surface area contributed by atoms with E-state index in [2.05, 4.69) is 19.9 Å². The first kappa shape index (κ1) is 20.7. The van der Waals surface area contributed by atoms with E-state index in [1.54, 1.807) is 0 Å². The lowest BCUT2D eigenvalue weighted by Crippen LogP contribution is -2.53. The summed E-state index contributed by atoms with van der Waals surface area (Å²) in [6.07, 6.45) is 5.06. The zero-order valence-electron chi connectivity index (χ0n) is 17.5. The van der Waals surface area contributed by atoms with Gasteiger partial charge in [-0.1, -0.05) is 38.8 Å². The SMILES string of the molecule is CC(Oc1cccc(C(C)C)c1)C(=O)N1CCN(C(=O)CC2CCCC2)CC1. The maximum absolute atomic E-state index is 12.8. The summed E-state index contributed by atoms with van der Waals surface area (Å²) in [6.45, 7) is 8.54. The maximum Gasteiger partial charge on any atom is 0.263 e. The Bertz CT molecular complexity index is 674. The molecule has 154 valence electrons. The summed E-state index contributed by atoms with van der Waals surface area (Å²) < 4.78 is 5.91. The average molecular weight is 387 g/mol. The monoisotopic (exact) mass is 386 g/mol. The van der Waals surface area contributed by atoms with Crippen LogP contribution in [-0.4, -0.2) is 53.9 Å². The van der Waals surface area contributed by atoms with E-state index >= 15 is 0 Å². The number of hydrogen-bond acceptors (Lipinski definition) is 3. The Morgan fingerprint density at radius 2 is 1.68 bits per heavy atom. The summed E-state index contributed by atoms with van der Waals surface area (Å²) in [4.78, 5) is 29.0. The van der Waals surface area contributed by atoms with E-state index in [0.29, 0.717) is 44.4 Å². The Morgan fingerprint density at radius 1 is 1.04 bits per heavy atom. The van der Waals surface area contributed by atoms with Crippen molar-refractivity contribution < 1.29 is 14.3 Å². The van der Waals surface area contributed by atoms with E-state index in [0.717, 1.165) is 5.75 Å². The first-order chi connectivity index (χ1) is 13.4. The molecule has 1 atom stereocenters. The lowest BCUT2D eigenvalue weighted by molar-refractivity contribution is -0.144. The molecule has 0 radical (unpaired) electrons. The number of amides is 2. The molecule has 0 spiro atoms. The van der Waals surface area contributed by atoms with E-state index < -0.39 is 6.10 Å². The number of ether oxygens (including phenoxy) is 1. The molecule has 1 saturated carbocycles. The van der Waals surface area contributed by atoms with Gasteiger partial charge < -0.3 is 14.5 Å². The molecule has 5 heteroatoms. The van der Waals surface area contributed by atoms with Crippen molar-refractivity contribution >= 4 is 11.8 Å². The minimum Gasteiger partial charge on any atom is -0.481 e. The van der Waals surface area contributed by atoms with Gasteiger partial charge in [0.25, 0.3) is 5.91 Å². The Kier molecular flexibility index (Phi) is 6.97. The topological polar surface area (TPSA) is 49.9 Å². The normalized spacial score (nSPS) is 19.1. The van der Waals surface area contributed by atoms with Gasteiger partial charge in [-0.3, -0.25) is 9.59 Å². The van der Waals surface area contributed by atoms with Crippen molar-refractivity contribution in [2.75, 3.05) is 26.2 Å². The Balaban J connectivity index is 1.47. The van der Waals surface area contributed by atoms with Gasteiger partial charge in [0.05, 0.1) is 0 Å². The van der Waals surface area contributed by atoms with E-state index in [1.165, 1.54) is 31.2 Å². The molecule has 1 unspecified atom stereocenters. The number of benzene rings is 1. The number of hydrogen-bond donors (Lipinski definition) is 0. The van der Waals surface area contributed by atoms with Gasteiger partial charge in [0.15, 0.2) is 6.10 Å². The molecule has 2 aliphatic rings. The molecule has 0 N–H and O–H groups in total. The highest BCUT2D eigenvalue weighted by atomic mass is 16.5. The first-order valence-corrected chi connectivity index (χ1v) is 10.8. The van der Waals surface area contributed by atoms with Gasteiger partial charge in [-0.25, -0.2) is 0 Å². The summed E-state index contributed by atoms with van der Waals surface area (Å²) in [7, 11) is 0. The van der Waals surface area contributed by atoms with Crippen LogP contribution < -0.4 is 4.74 Å². The first-order valence-electron chi connectivity index (χ1n) is 10.8. The largest absolute Gasteiger partial charge is 0.481 e. The Hall–Kier alpha value is -2.04. The summed E-state index contributed by atoms with van der Waals surface area (Å²) in [6, 6.07) is 7.95. The van der Waals surface area contributed by atoms with Gasteiger partial charge in [0.1, 0.15) is 5.75 Å². The summed E-state index contributed by atoms with van der Waals surface area (Å²) in [5, 5.41) is 0. The minimum atomic E-state index is -0.525. The van der Waals surface area contributed by atoms with Crippen LogP contribution >= 0.6 is 0 Å². The van der Waals surface area contributed by atoms with E-state index in [1.807, 2.05) is 34.9 Å². The number of carbonyl (C=O) groups is 2. The lowest BCUT2D eigenvalue weighted by Gasteiger charge is -2.36. The van der Waals surface area contributed by atoms with Gasteiger partial charge in [-0.2, -0.15) is 0 Å². The van der Waals surface area contributed by atoms with Gasteiger partial charge in [0.2, 0.25) is 5.91 Å². The van der Waals surface area contributed by atoms with Crippen molar-refractivity contribution in [3.05, 3.63) is 29.8 Å². The number of carbonyl (C=O) groups excluding carboxylic acids is 2. The zero-order chi connectivity index (χ0) is 20.1. The Labute approximate surface area is 169 Å². The molecule has 0 bridgehead atoms. The molecule has 5 nitrogen and oxygen atoms in total. The van der Waals surface area contributed by atoms with Crippen LogP contribution in [0, 0.1) is 5.92 Å². The summed E-state index contributed by atoms with van der Waals surface area (Å²) >= 11 is 0. The molecule has 1 saturated heterocycles. The molecule has 1 aromatic carbocycles. The quantitative estimate of drug-likeness (QED) is 0.747. The third kappa shape index (κ3) is 5.27. The standard InChI is InChI=1S/C23H34N2O3/c1-17(2)20-9-6-10-21(16-20)28-18(3)23(27)25-13-11-24(12-14-25)22(26)15-19-7-4-5-8-19/h6,9-10,16-19H,4-5,7-8,11-15H2,1-3H3. The molecule has 1 heterocycles. The second kappa shape index (κ2) is 9.44. The third-order valence-corrected chi connectivity index (χ3v) is 6.07. The van der Waals surface area contributed by atoms with Gasteiger partial charge in [0, 0.05) is 32.6 Å². The van der Waals surface area contributed by atoms with Crippen molar-refractivity contribution in [1.29, 1.82) is 0 Å². The maximum atomic E-state index is 12.8. The number of nitrogens with zero attached hydrogens (tertiary/aromatic N) is 2. The van der Waals surface area contributed by atoms with Crippen LogP contribution in [0.3, 0.4) is 0 Å². The second-order valence-corrected chi connectivity index (χ2v) is 8.55. The van der Waals surface area contributed by atoms with Crippen molar-refractivity contribution in [2.24, 2.45) is 5.92 Å². The van der Waals surface area contributed by atoms with E-state index in [4.69, 9.17) is 4.74 Å². The van der Waals surface area contributed by atoms with Gasteiger partial charge >= 0.3 is 0 Å². The van der Waals surface area contributed by atoms with Gasteiger partial charge in [-0.05, 0) is 49.3 Å². The van der Waals surface area contributed by atoms with Crippen LogP contribution in [0.25, 0.3) is 0 Å². The van der Waals surface area contributed by atoms with Crippen LogP contribution in [0.1, 0.15) is 64.4 Å². The number of piperazine rings is 1. The van der Waals surface area contributed by atoms with Crippen LogP contribution in [0.4, 0.5) is 0 Å². The van der Waals surface area contributed by atoms with Crippen molar-refractivity contribution in [2.45, 2.75) is 64.9 Å². The minimum absolute atomic E-state index is 0.00200. The summed E-state index contributed by atoms with van der Waals surface area (Å²) in [5.74, 6) is 1.98. The third-order valence-electron chi connectivity index (χ3n) is 6.07. The highest BCUT2D eigenvalue weighted by Gasteiger charge is 2.29. The highest BCUT2D eigenvalue weighted by Crippen LogP contribution is 2.28. The number of rotatable bonds is 6. The smallest absolute Gasteiger partial charge is 0.263 e. The van der Waals surface area contributed by atoms with Crippen LogP contribution in [0.5, 0.6) is 5.75 Å². The molecule has 1 aromatic rings. The summed E-state index contributed by atoms with van der Waals surface area (Å²) in [5.41, 5.74) is 1.20. The fourth-order valence-corrected chi connectivity index (χ4v) is 4.23. The molecule has 0 aromatic heterocycles. The molecule has 28 heavy (non-hydrogen) atoms. The van der Waals surface area contributed by atoms with Crippen LogP contribution in [0.2, 0.25) is 0 Å². The zero-order valence-corrected chi connectivity index (χ0v) is 17.5. The lowest BCUT2D eigenvalue weighted by atomic mass is 10.0. The molecular formula is C23H34N2O3. The average Bonchev–Trinajstić information content (AvgIpc) is 3.20. The fourth-order valence-electron chi connectivity index (χ4n) is 4.23. The van der Waals surface area contributed by atoms with E-state index in [9.17, 15) is 9.59 Å². The predicted octanol–water partition coefficient (Wildman–Crippen LogP) is 3.83. The second-order valence-electron chi connectivity index (χ2n) is 8.55. The fraction of sp³-hybridized carbons (Fsp3) is 0.652. The van der Waals surface area contributed by atoms with Crippen LogP contribution in [0.15, 0.2) is 24.3 Å². The molecule has 2 fully saturated rings. The molecule has 1 aliphatic carbocycles. The molecular weight excluding hydrogens is 352 g/mol. The predicted molar refractivity (Wildman–Crippen MR) is 110 cm³/mol. The van der Waals surface area contributed by atoms with Crippen molar-refractivity contribution in [1.82, 2.24) is 9.80 Å². The Morgan fingerprint density at radius 3 is 2.32 bits per heavy atom. The van der Waals surface area contributed by atoms with Gasteiger partial charge in [-0.15, -0.1) is 0 Å². The van der Waals surface area contributed by atoms with Crippen molar-refractivity contribution in [3.63, 3.8) is 0 Å².